The van der Waals surface area contributed by atoms with Gasteiger partial charge in [0.05, 0.1) is 18.7 Å². The van der Waals surface area contributed by atoms with Gasteiger partial charge in [0.2, 0.25) is 5.91 Å². The number of carbonyl (C=O) groups excluding carboxylic acids is 2. The molecule has 2 rings (SSSR count). The lowest BCUT2D eigenvalue weighted by atomic mass is 10.2. The van der Waals surface area contributed by atoms with Crippen LogP contribution in [-0.2, 0) is 4.79 Å². The van der Waals surface area contributed by atoms with E-state index >= 15 is 0 Å². The maximum Gasteiger partial charge on any atom is 0.254 e. The molecule has 2 amide bonds. The van der Waals surface area contributed by atoms with E-state index in [1.54, 1.807) is 30.3 Å². The van der Waals surface area contributed by atoms with E-state index in [4.69, 9.17) is 16.3 Å². The fraction of sp³-hybridized carbons (Fsp3) is 0.188. The largest absolute Gasteiger partial charge is 0.494 e. The minimum atomic E-state index is -0.454. The number of nitrogens with one attached hydrogen (secondary N) is 2. The summed E-state index contributed by atoms with van der Waals surface area (Å²) in [5.41, 5.74) is 0.843. The molecular weight excluding hydrogens is 318 g/mol. The topological polar surface area (TPSA) is 80.3 Å². The molecule has 0 spiro atoms. The second-order valence-electron chi connectivity index (χ2n) is 4.53. The van der Waals surface area contributed by atoms with Gasteiger partial charge in [-0.3, -0.25) is 9.59 Å². The van der Waals surface area contributed by atoms with Gasteiger partial charge in [-0.05, 0) is 43.3 Å². The number of anilines is 1. The Hall–Kier alpha value is -2.60. The number of ether oxygens (including phenoxy) is 1. The van der Waals surface area contributed by atoms with Crippen LogP contribution in [-0.4, -0.2) is 29.9 Å². The second-order valence-corrected chi connectivity index (χ2v) is 4.89. The van der Waals surface area contributed by atoms with Crippen LogP contribution in [0.4, 0.5) is 5.69 Å². The monoisotopic (exact) mass is 333 g/mol. The minimum absolute atomic E-state index is 0.0944. The van der Waals surface area contributed by atoms with Gasteiger partial charge < -0.3 is 15.4 Å². The van der Waals surface area contributed by atoms with Crippen LogP contribution in [0.1, 0.15) is 17.3 Å². The molecule has 0 radical (unpaired) electrons. The molecule has 7 heteroatoms. The van der Waals surface area contributed by atoms with Crippen molar-refractivity contribution < 1.29 is 14.3 Å². The van der Waals surface area contributed by atoms with Gasteiger partial charge in [-0.15, -0.1) is 0 Å². The Morgan fingerprint density at radius 1 is 1.22 bits per heavy atom. The first kappa shape index (κ1) is 16.8. The molecule has 23 heavy (non-hydrogen) atoms. The summed E-state index contributed by atoms with van der Waals surface area (Å²) in [6, 6.07) is 10.1. The molecule has 1 aromatic carbocycles. The van der Waals surface area contributed by atoms with Gasteiger partial charge in [0.15, 0.2) is 0 Å². The fourth-order valence-corrected chi connectivity index (χ4v) is 2.02. The highest BCUT2D eigenvalue weighted by Crippen LogP contribution is 2.15. The van der Waals surface area contributed by atoms with E-state index in [-0.39, 0.29) is 23.2 Å². The van der Waals surface area contributed by atoms with Crippen molar-refractivity contribution in [1.29, 1.82) is 0 Å². The van der Waals surface area contributed by atoms with Crippen LogP contribution < -0.4 is 15.4 Å². The third-order valence-electron chi connectivity index (χ3n) is 2.86. The standard InChI is InChI=1S/C16H16ClN3O3/c1-2-23-12-7-5-11(6-8-12)20-14(21)10-19-16(22)13-4-3-9-18-15(13)17/h3-9H,2,10H2,1H3,(H,19,22)(H,20,21). The zero-order valence-electron chi connectivity index (χ0n) is 12.5. The molecule has 0 saturated carbocycles. The number of nitrogens with zero attached hydrogens (tertiary/aromatic N) is 1. The van der Waals surface area contributed by atoms with E-state index in [1.165, 1.54) is 12.3 Å². The highest BCUT2D eigenvalue weighted by molar-refractivity contribution is 6.32. The van der Waals surface area contributed by atoms with Crippen LogP contribution in [0.3, 0.4) is 0 Å². The van der Waals surface area contributed by atoms with Gasteiger partial charge in [-0.25, -0.2) is 4.98 Å². The quantitative estimate of drug-likeness (QED) is 0.796. The SMILES string of the molecule is CCOc1ccc(NC(=O)CNC(=O)c2cccnc2Cl)cc1. The van der Waals surface area contributed by atoms with Crippen molar-refractivity contribution in [2.24, 2.45) is 0 Å². The van der Waals surface area contributed by atoms with Crippen LogP contribution in [0.2, 0.25) is 5.15 Å². The van der Waals surface area contributed by atoms with Crippen LogP contribution in [0.25, 0.3) is 0 Å². The van der Waals surface area contributed by atoms with E-state index in [2.05, 4.69) is 15.6 Å². The van der Waals surface area contributed by atoms with Crippen molar-refractivity contribution in [2.45, 2.75) is 6.92 Å². The van der Waals surface area contributed by atoms with E-state index in [1.807, 2.05) is 6.92 Å². The summed E-state index contributed by atoms with van der Waals surface area (Å²) >= 11 is 5.82. The number of aromatic nitrogens is 1. The second kappa shape index (κ2) is 8.14. The molecule has 1 heterocycles. The molecule has 2 aromatic rings. The molecule has 0 aliphatic carbocycles. The first-order valence-corrected chi connectivity index (χ1v) is 7.39. The van der Waals surface area contributed by atoms with Crippen LogP contribution in [0.5, 0.6) is 5.75 Å². The molecular formula is C16H16ClN3O3. The van der Waals surface area contributed by atoms with Crippen LogP contribution >= 0.6 is 11.6 Å². The summed E-state index contributed by atoms with van der Waals surface area (Å²) in [6.45, 7) is 2.30. The average Bonchev–Trinajstić information content (AvgIpc) is 2.55. The lowest BCUT2D eigenvalue weighted by molar-refractivity contribution is -0.115. The molecule has 2 N–H and O–H groups in total. The van der Waals surface area contributed by atoms with E-state index in [0.717, 1.165) is 5.75 Å². The minimum Gasteiger partial charge on any atom is -0.494 e. The molecule has 0 atom stereocenters. The zero-order chi connectivity index (χ0) is 16.7. The summed E-state index contributed by atoms with van der Waals surface area (Å²) in [6.07, 6.45) is 1.48. The Morgan fingerprint density at radius 3 is 2.61 bits per heavy atom. The highest BCUT2D eigenvalue weighted by atomic mass is 35.5. The third-order valence-corrected chi connectivity index (χ3v) is 3.16. The summed E-state index contributed by atoms with van der Waals surface area (Å²) in [4.78, 5) is 27.6. The maximum atomic E-state index is 11.9. The summed E-state index contributed by atoms with van der Waals surface area (Å²) in [5, 5.41) is 5.26. The van der Waals surface area contributed by atoms with Crippen LogP contribution in [0.15, 0.2) is 42.6 Å². The number of hydrogen-bond donors (Lipinski definition) is 2. The van der Waals surface area contributed by atoms with E-state index in [0.29, 0.717) is 12.3 Å². The lowest BCUT2D eigenvalue weighted by Gasteiger charge is -2.08. The lowest BCUT2D eigenvalue weighted by Crippen LogP contribution is -2.33. The van der Waals surface area contributed by atoms with E-state index < -0.39 is 5.91 Å². The summed E-state index contributed by atoms with van der Waals surface area (Å²) < 4.78 is 5.32. The van der Waals surface area contributed by atoms with Gasteiger partial charge in [0, 0.05) is 11.9 Å². The van der Waals surface area contributed by atoms with E-state index in [9.17, 15) is 9.59 Å². The first-order valence-electron chi connectivity index (χ1n) is 7.01. The van der Waals surface area contributed by atoms with Gasteiger partial charge in [0.25, 0.3) is 5.91 Å². The van der Waals surface area contributed by atoms with Crippen molar-refractivity contribution in [3.05, 3.63) is 53.3 Å². The number of hydrogen-bond acceptors (Lipinski definition) is 4. The molecule has 0 aliphatic rings. The molecule has 0 unspecified atom stereocenters. The number of halogens is 1. The molecule has 6 nitrogen and oxygen atoms in total. The molecule has 0 aliphatic heterocycles. The fourth-order valence-electron chi connectivity index (χ4n) is 1.82. The Bertz CT molecular complexity index is 689. The predicted molar refractivity (Wildman–Crippen MR) is 87.8 cm³/mol. The molecule has 0 fully saturated rings. The molecule has 0 saturated heterocycles. The maximum absolute atomic E-state index is 11.9. The van der Waals surface area contributed by atoms with Crippen molar-refractivity contribution >= 4 is 29.1 Å². The normalized spacial score (nSPS) is 10.0. The van der Waals surface area contributed by atoms with Gasteiger partial charge in [-0.2, -0.15) is 0 Å². The Morgan fingerprint density at radius 2 is 1.96 bits per heavy atom. The van der Waals surface area contributed by atoms with Gasteiger partial charge in [0.1, 0.15) is 10.9 Å². The summed E-state index contributed by atoms with van der Waals surface area (Å²) in [5.74, 6) is -0.0718. The molecule has 0 bridgehead atoms. The van der Waals surface area contributed by atoms with Gasteiger partial charge >= 0.3 is 0 Å². The van der Waals surface area contributed by atoms with Crippen molar-refractivity contribution in [3.8, 4) is 5.75 Å². The molecule has 1 aromatic heterocycles. The smallest absolute Gasteiger partial charge is 0.254 e. The molecule has 120 valence electrons. The zero-order valence-corrected chi connectivity index (χ0v) is 13.3. The Kier molecular flexibility index (Phi) is 5.94. The van der Waals surface area contributed by atoms with Crippen molar-refractivity contribution in [3.63, 3.8) is 0 Å². The number of carbonyl (C=O) groups is 2. The third kappa shape index (κ3) is 4.96. The predicted octanol–water partition coefficient (Wildman–Crippen LogP) is 2.50. The number of amides is 2. The highest BCUT2D eigenvalue weighted by Gasteiger charge is 2.12. The number of pyridine rings is 1. The summed E-state index contributed by atoms with van der Waals surface area (Å²) in [7, 11) is 0. The number of benzene rings is 1. The van der Waals surface area contributed by atoms with Crippen LogP contribution in [0, 0.1) is 0 Å². The van der Waals surface area contributed by atoms with Gasteiger partial charge in [-0.1, -0.05) is 11.6 Å². The van der Waals surface area contributed by atoms with Crippen molar-refractivity contribution in [1.82, 2.24) is 10.3 Å². The van der Waals surface area contributed by atoms with Crippen molar-refractivity contribution in [2.75, 3.05) is 18.5 Å². The number of rotatable bonds is 6. The Balaban J connectivity index is 1.85. The Labute approximate surface area is 138 Å². The first-order chi connectivity index (χ1) is 11.1. The average molecular weight is 334 g/mol.